The van der Waals surface area contributed by atoms with Crippen molar-refractivity contribution in [2.45, 2.75) is 19.4 Å². The number of aliphatic hydroxyl groups is 1. The number of rotatable bonds is 5. The number of hydroxylamine groups is 1. The van der Waals surface area contributed by atoms with E-state index < -0.39 is 24.0 Å². The van der Waals surface area contributed by atoms with Crippen LogP contribution in [0.5, 0.6) is 0 Å². The molecule has 0 bridgehead atoms. The fourth-order valence-electron chi connectivity index (χ4n) is 1.70. The van der Waals surface area contributed by atoms with Crippen molar-refractivity contribution in [3.8, 4) is 0 Å². The SMILES string of the molecule is CO/N=C(\C)C1(ONC(=O)CO)C(=O)N(C)N=C1C. The molecule has 9 heteroatoms. The highest BCUT2D eigenvalue weighted by Gasteiger charge is 2.54. The van der Waals surface area contributed by atoms with Gasteiger partial charge in [-0.1, -0.05) is 5.16 Å². The van der Waals surface area contributed by atoms with Gasteiger partial charge in [-0.05, 0) is 13.8 Å². The van der Waals surface area contributed by atoms with E-state index in [1.54, 1.807) is 6.92 Å². The van der Waals surface area contributed by atoms with Crippen LogP contribution in [0.25, 0.3) is 0 Å². The lowest BCUT2D eigenvalue weighted by Gasteiger charge is -2.26. The molecule has 0 saturated carbocycles. The van der Waals surface area contributed by atoms with Gasteiger partial charge in [0.1, 0.15) is 19.4 Å². The molecular weight excluding hydrogens is 256 g/mol. The maximum Gasteiger partial charge on any atom is 0.289 e. The molecule has 2 amide bonds. The highest BCUT2D eigenvalue weighted by atomic mass is 16.7. The Bertz CT molecular complexity index is 447. The molecule has 0 aromatic rings. The Kier molecular flexibility index (Phi) is 4.57. The molecule has 1 aliphatic rings. The van der Waals surface area contributed by atoms with Crippen LogP contribution in [0.2, 0.25) is 0 Å². The van der Waals surface area contributed by atoms with Gasteiger partial charge in [0, 0.05) is 7.05 Å². The second-order valence-electron chi connectivity index (χ2n) is 3.84. The number of hydrogen-bond acceptors (Lipinski definition) is 7. The van der Waals surface area contributed by atoms with E-state index in [1.165, 1.54) is 21.1 Å². The first-order chi connectivity index (χ1) is 8.90. The van der Waals surface area contributed by atoms with Gasteiger partial charge in [0.05, 0.1) is 5.71 Å². The largest absolute Gasteiger partial charge is 0.399 e. The minimum atomic E-state index is -1.66. The summed E-state index contributed by atoms with van der Waals surface area (Å²) in [4.78, 5) is 33.0. The highest BCUT2D eigenvalue weighted by molar-refractivity contribution is 6.31. The molecular formula is C10H16N4O5. The molecule has 0 aliphatic carbocycles. The lowest BCUT2D eigenvalue weighted by molar-refractivity contribution is -0.153. The molecule has 2 N–H and O–H groups in total. The summed E-state index contributed by atoms with van der Waals surface area (Å²) in [6.07, 6.45) is 0. The minimum absolute atomic E-state index is 0.170. The molecule has 0 spiro atoms. The monoisotopic (exact) mass is 272 g/mol. The maximum absolute atomic E-state index is 12.2. The topological polar surface area (TPSA) is 113 Å². The number of aliphatic hydroxyl groups excluding tert-OH is 1. The number of hydrogen-bond donors (Lipinski definition) is 2. The van der Waals surface area contributed by atoms with Crippen molar-refractivity contribution in [1.82, 2.24) is 10.5 Å². The van der Waals surface area contributed by atoms with Crippen molar-refractivity contribution in [3.63, 3.8) is 0 Å². The molecule has 1 aliphatic heterocycles. The van der Waals surface area contributed by atoms with Gasteiger partial charge in [-0.3, -0.25) is 9.59 Å². The molecule has 1 heterocycles. The average molecular weight is 272 g/mol. The van der Waals surface area contributed by atoms with Gasteiger partial charge < -0.3 is 9.94 Å². The zero-order chi connectivity index (χ0) is 14.6. The third-order valence-corrected chi connectivity index (χ3v) is 2.60. The minimum Gasteiger partial charge on any atom is -0.399 e. The Labute approximate surface area is 109 Å². The molecule has 9 nitrogen and oxygen atoms in total. The van der Waals surface area contributed by atoms with Crippen LogP contribution < -0.4 is 5.48 Å². The van der Waals surface area contributed by atoms with Crippen LogP contribution in [-0.4, -0.2) is 59.7 Å². The standard InChI is InChI=1S/C10H16N4O5/c1-6-10(7(2)12-18-4,9(17)14(3)11-6)19-13-8(16)5-15/h15H,5H2,1-4H3,(H,13,16)/b12-7+. The predicted octanol–water partition coefficient (Wildman–Crippen LogP) is -1.36. The van der Waals surface area contributed by atoms with Crippen molar-refractivity contribution in [2.24, 2.45) is 10.3 Å². The van der Waals surface area contributed by atoms with Gasteiger partial charge in [-0.25, -0.2) is 15.3 Å². The van der Waals surface area contributed by atoms with E-state index in [4.69, 9.17) is 9.94 Å². The third kappa shape index (κ3) is 2.56. The van der Waals surface area contributed by atoms with Crippen LogP contribution in [0, 0.1) is 0 Å². The van der Waals surface area contributed by atoms with Crippen molar-refractivity contribution >= 4 is 23.2 Å². The predicted molar refractivity (Wildman–Crippen MR) is 65.0 cm³/mol. The number of carbonyl (C=O) groups excluding carboxylic acids is 2. The summed E-state index contributed by atoms with van der Waals surface area (Å²) < 4.78 is 0. The zero-order valence-corrected chi connectivity index (χ0v) is 11.1. The Morgan fingerprint density at radius 2 is 2.26 bits per heavy atom. The van der Waals surface area contributed by atoms with E-state index >= 15 is 0 Å². The molecule has 0 radical (unpaired) electrons. The van der Waals surface area contributed by atoms with Crippen LogP contribution in [0.4, 0.5) is 0 Å². The number of nitrogens with zero attached hydrogens (tertiary/aromatic N) is 3. The number of hydrazone groups is 1. The molecule has 0 saturated heterocycles. The first-order valence-corrected chi connectivity index (χ1v) is 5.40. The normalized spacial score (nSPS) is 23.4. The van der Waals surface area contributed by atoms with Gasteiger partial charge in [0.15, 0.2) is 0 Å². The van der Waals surface area contributed by atoms with Crippen molar-refractivity contribution in [2.75, 3.05) is 20.8 Å². The second kappa shape index (κ2) is 5.76. The molecule has 0 aromatic carbocycles. The smallest absolute Gasteiger partial charge is 0.289 e. The Morgan fingerprint density at radius 3 is 2.68 bits per heavy atom. The average Bonchev–Trinajstić information content (AvgIpc) is 2.59. The fraction of sp³-hybridized carbons (Fsp3) is 0.600. The lowest BCUT2D eigenvalue weighted by Crippen LogP contribution is -2.56. The van der Waals surface area contributed by atoms with Gasteiger partial charge >= 0.3 is 0 Å². The third-order valence-electron chi connectivity index (χ3n) is 2.60. The summed E-state index contributed by atoms with van der Waals surface area (Å²) in [6.45, 7) is 2.29. The highest BCUT2D eigenvalue weighted by Crippen LogP contribution is 2.25. The molecule has 1 unspecified atom stereocenters. The quantitative estimate of drug-likeness (QED) is 0.474. The van der Waals surface area contributed by atoms with Crippen molar-refractivity contribution in [3.05, 3.63) is 0 Å². The van der Waals surface area contributed by atoms with Gasteiger partial charge in [0.25, 0.3) is 17.4 Å². The Morgan fingerprint density at radius 1 is 1.63 bits per heavy atom. The summed E-state index contributed by atoms with van der Waals surface area (Å²) in [5.41, 5.74) is 0.784. The van der Waals surface area contributed by atoms with E-state index in [-0.39, 0.29) is 11.4 Å². The van der Waals surface area contributed by atoms with Crippen molar-refractivity contribution < 1.29 is 24.4 Å². The number of nitrogens with one attached hydrogen (secondary N) is 1. The maximum atomic E-state index is 12.2. The Hall–Kier alpha value is -2.00. The molecule has 1 atom stereocenters. The Balaban J connectivity index is 3.12. The lowest BCUT2D eigenvalue weighted by atomic mass is 9.93. The van der Waals surface area contributed by atoms with Crippen molar-refractivity contribution in [1.29, 1.82) is 0 Å². The number of oxime groups is 1. The summed E-state index contributed by atoms with van der Waals surface area (Å²) >= 11 is 0. The molecule has 0 fully saturated rings. The van der Waals surface area contributed by atoms with Crippen LogP contribution >= 0.6 is 0 Å². The summed E-state index contributed by atoms with van der Waals surface area (Å²) in [5.74, 6) is -1.32. The summed E-state index contributed by atoms with van der Waals surface area (Å²) in [7, 11) is 2.77. The number of likely N-dealkylation sites (N-methyl/N-ethyl adjacent to an activating group) is 1. The molecule has 1 rings (SSSR count). The van der Waals surface area contributed by atoms with E-state index in [9.17, 15) is 9.59 Å². The molecule has 0 aromatic heterocycles. The summed E-state index contributed by atoms with van der Waals surface area (Å²) in [5, 5.41) is 17.3. The first-order valence-electron chi connectivity index (χ1n) is 5.40. The van der Waals surface area contributed by atoms with E-state index in [0.29, 0.717) is 0 Å². The van der Waals surface area contributed by atoms with E-state index in [1.807, 2.05) is 5.48 Å². The molecule has 19 heavy (non-hydrogen) atoms. The fourth-order valence-corrected chi connectivity index (χ4v) is 1.70. The van der Waals surface area contributed by atoms with Gasteiger partial charge in [-0.15, -0.1) is 0 Å². The van der Waals surface area contributed by atoms with Gasteiger partial charge in [0.2, 0.25) is 0 Å². The second-order valence-corrected chi connectivity index (χ2v) is 3.84. The number of carbonyl (C=O) groups is 2. The van der Waals surface area contributed by atoms with Gasteiger partial charge in [-0.2, -0.15) is 5.10 Å². The first kappa shape index (κ1) is 15.1. The van der Waals surface area contributed by atoms with E-state index in [2.05, 4.69) is 15.1 Å². The number of amides is 2. The van der Waals surface area contributed by atoms with Crippen LogP contribution in [0.15, 0.2) is 10.3 Å². The van der Waals surface area contributed by atoms with Crippen LogP contribution in [0.1, 0.15) is 13.8 Å². The summed E-state index contributed by atoms with van der Waals surface area (Å²) in [6, 6.07) is 0. The zero-order valence-electron chi connectivity index (χ0n) is 11.1. The molecule has 106 valence electrons. The van der Waals surface area contributed by atoms with Crippen LogP contribution in [-0.2, 0) is 19.3 Å². The van der Waals surface area contributed by atoms with E-state index in [0.717, 1.165) is 5.01 Å². The van der Waals surface area contributed by atoms with Crippen LogP contribution in [0.3, 0.4) is 0 Å².